The SMILES string of the molecule is COc1ccc2c(-c3ccccc3)c(C(=O)N3CCCCC3C)oc2c1. The topological polar surface area (TPSA) is 42.7 Å². The van der Waals surface area contributed by atoms with Gasteiger partial charge in [-0.25, -0.2) is 0 Å². The highest BCUT2D eigenvalue weighted by molar-refractivity contribution is 6.08. The molecule has 0 spiro atoms. The number of nitrogens with zero attached hydrogens (tertiary/aromatic N) is 1. The molecule has 1 aliphatic heterocycles. The molecule has 0 N–H and O–H groups in total. The van der Waals surface area contributed by atoms with Crippen molar-refractivity contribution >= 4 is 16.9 Å². The van der Waals surface area contributed by atoms with E-state index in [1.165, 1.54) is 6.42 Å². The van der Waals surface area contributed by atoms with Gasteiger partial charge in [0.1, 0.15) is 11.3 Å². The van der Waals surface area contributed by atoms with Crippen LogP contribution in [0.2, 0.25) is 0 Å². The van der Waals surface area contributed by atoms with Gasteiger partial charge in [-0.05, 0) is 43.9 Å². The standard InChI is InChI=1S/C22H23NO3/c1-15-8-6-7-13-23(15)22(24)21-20(16-9-4-3-5-10-16)18-12-11-17(25-2)14-19(18)26-21/h3-5,9-12,14-15H,6-8,13H2,1-2H3. The largest absolute Gasteiger partial charge is 0.497 e. The van der Waals surface area contributed by atoms with Crippen molar-refractivity contribution in [3.8, 4) is 16.9 Å². The second-order valence-electron chi connectivity index (χ2n) is 6.88. The zero-order valence-corrected chi connectivity index (χ0v) is 15.2. The Labute approximate surface area is 153 Å². The number of furan rings is 1. The summed E-state index contributed by atoms with van der Waals surface area (Å²) in [6, 6.07) is 15.9. The molecular formula is C22H23NO3. The van der Waals surface area contributed by atoms with E-state index < -0.39 is 0 Å². The molecule has 0 saturated carbocycles. The zero-order valence-electron chi connectivity index (χ0n) is 15.2. The molecule has 1 atom stereocenters. The highest BCUT2D eigenvalue weighted by Crippen LogP contribution is 2.37. The van der Waals surface area contributed by atoms with Crippen molar-refractivity contribution in [2.24, 2.45) is 0 Å². The van der Waals surface area contributed by atoms with Crippen LogP contribution < -0.4 is 4.74 Å². The summed E-state index contributed by atoms with van der Waals surface area (Å²) in [6.07, 6.45) is 3.26. The molecule has 1 unspecified atom stereocenters. The maximum absolute atomic E-state index is 13.3. The van der Waals surface area contributed by atoms with Crippen molar-refractivity contribution in [1.29, 1.82) is 0 Å². The molecule has 1 aromatic heterocycles. The van der Waals surface area contributed by atoms with Crippen LogP contribution in [0.15, 0.2) is 52.9 Å². The summed E-state index contributed by atoms with van der Waals surface area (Å²) in [7, 11) is 1.63. The fraction of sp³-hybridized carbons (Fsp3) is 0.318. The van der Waals surface area contributed by atoms with Crippen LogP contribution in [0, 0.1) is 0 Å². The van der Waals surface area contributed by atoms with E-state index in [1.807, 2.05) is 53.4 Å². The Morgan fingerprint density at radius 2 is 1.96 bits per heavy atom. The first kappa shape index (κ1) is 16.7. The van der Waals surface area contributed by atoms with Gasteiger partial charge in [0, 0.05) is 29.6 Å². The van der Waals surface area contributed by atoms with E-state index >= 15 is 0 Å². The second kappa shape index (κ2) is 6.87. The lowest BCUT2D eigenvalue weighted by molar-refractivity contribution is 0.0606. The van der Waals surface area contributed by atoms with Crippen molar-refractivity contribution in [3.63, 3.8) is 0 Å². The molecule has 2 aromatic carbocycles. The lowest BCUT2D eigenvalue weighted by Gasteiger charge is -2.32. The van der Waals surface area contributed by atoms with Gasteiger partial charge in [0.2, 0.25) is 5.76 Å². The van der Waals surface area contributed by atoms with Gasteiger partial charge >= 0.3 is 0 Å². The highest BCUT2D eigenvalue weighted by Gasteiger charge is 2.30. The normalized spacial score (nSPS) is 17.5. The fourth-order valence-corrected chi connectivity index (χ4v) is 3.78. The number of ether oxygens (including phenoxy) is 1. The van der Waals surface area contributed by atoms with Gasteiger partial charge in [-0.3, -0.25) is 4.79 Å². The van der Waals surface area contributed by atoms with E-state index in [0.29, 0.717) is 11.3 Å². The number of amides is 1. The van der Waals surface area contributed by atoms with Crippen molar-refractivity contribution < 1.29 is 13.9 Å². The zero-order chi connectivity index (χ0) is 18.1. The van der Waals surface area contributed by atoms with E-state index in [9.17, 15) is 4.79 Å². The first-order valence-corrected chi connectivity index (χ1v) is 9.16. The Bertz CT molecular complexity index is 929. The van der Waals surface area contributed by atoms with Gasteiger partial charge in [-0.2, -0.15) is 0 Å². The van der Waals surface area contributed by atoms with Gasteiger partial charge in [-0.15, -0.1) is 0 Å². The number of carbonyl (C=O) groups excluding carboxylic acids is 1. The monoisotopic (exact) mass is 349 g/mol. The Balaban J connectivity index is 1.88. The van der Waals surface area contributed by atoms with Crippen LogP contribution in [0.1, 0.15) is 36.7 Å². The molecule has 4 rings (SSSR count). The average molecular weight is 349 g/mol. The van der Waals surface area contributed by atoms with Crippen molar-refractivity contribution in [1.82, 2.24) is 4.90 Å². The molecule has 1 aliphatic rings. The number of hydrogen-bond donors (Lipinski definition) is 0. The van der Waals surface area contributed by atoms with Crippen LogP contribution in [-0.2, 0) is 0 Å². The van der Waals surface area contributed by atoms with Crippen molar-refractivity contribution in [3.05, 3.63) is 54.3 Å². The number of hydrogen-bond acceptors (Lipinski definition) is 3. The summed E-state index contributed by atoms with van der Waals surface area (Å²) in [6.45, 7) is 2.90. The molecule has 2 heterocycles. The van der Waals surface area contributed by atoms with Gasteiger partial charge in [0.15, 0.2) is 0 Å². The third kappa shape index (κ3) is 2.85. The highest BCUT2D eigenvalue weighted by atomic mass is 16.5. The summed E-state index contributed by atoms with van der Waals surface area (Å²) < 4.78 is 11.4. The van der Waals surface area contributed by atoms with Crippen LogP contribution in [0.3, 0.4) is 0 Å². The Morgan fingerprint density at radius 3 is 2.69 bits per heavy atom. The summed E-state index contributed by atoms with van der Waals surface area (Å²) >= 11 is 0. The van der Waals surface area contributed by atoms with E-state index in [2.05, 4.69) is 6.92 Å². The van der Waals surface area contributed by atoms with E-state index in [-0.39, 0.29) is 11.9 Å². The number of carbonyl (C=O) groups is 1. The van der Waals surface area contributed by atoms with Gasteiger partial charge < -0.3 is 14.1 Å². The van der Waals surface area contributed by atoms with E-state index in [0.717, 1.165) is 41.6 Å². The average Bonchev–Trinajstić information content (AvgIpc) is 3.07. The summed E-state index contributed by atoms with van der Waals surface area (Å²) in [4.78, 5) is 15.3. The summed E-state index contributed by atoms with van der Waals surface area (Å²) in [5.74, 6) is 1.12. The molecule has 4 nitrogen and oxygen atoms in total. The van der Waals surface area contributed by atoms with Gasteiger partial charge in [-0.1, -0.05) is 30.3 Å². The predicted octanol–water partition coefficient (Wildman–Crippen LogP) is 5.12. The van der Waals surface area contributed by atoms with Crippen LogP contribution in [0.4, 0.5) is 0 Å². The predicted molar refractivity (Wildman–Crippen MR) is 103 cm³/mol. The Hall–Kier alpha value is -2.75. The Kier molecular flexibility index (Phi) is 4.41. The molecule has 3 aromatic rings. The minimum atomic E-state index is -0.0220. The fourth-order valence-electron chi connectivity index (χ4n) is 3.78. The third-order valence-corrected chi connectivity index (χ3v) is 5.22. The number of rotatable bonds is 3. The molecule has 4 heteroatoms. The van der Waals surface area contributed by atoms with Gasteiger partial charge in [0.05, 0.1) is 7.11 Å². The summed E-state index contributed by atoms with van der Waals surface area (Å²) in [5.41, 5.74) is 2.53. The number of likely N-dealkylation sites (tertiary alicyclic amines) is 1. The first-order chi connectivity index (χ1) is 12.7. The smallest absolute Gasteiger partial charge is 0.290 e. The maximum Gasteiger partial charge on any atom is 0.290 e. The van der Waals surface area contributed by atoms with Crippen molar-refractivity contribution in [2.75, 3.05) is 13.7 Å². The molecule has 26 heavy (non-hydrogen) atoms. The number of benzene rings is 2. The maximum atomic E-state index is 13.3. The molecule has 1 fully saturated rings. The molecule has 1 saturated heterocycles. The third-order valence-electron chi connectivity index (χ3n) is 5.22. The molecule has 0 aliphatic carbocycles. The number of fused-ring (bicyclic) bond motifs is 1. The van der Waals surface area contributed by atoms with E-state index in [1.54, 1.807) is 7.11 Å². The lowest BCUT2D eigenvalue weighted by atomic mass is 9.99. The summed E-state index contributed by atoms with van der Waals surface area (Å²) in [5, 5.41) is 0.935. The number of piperidine rings is 1. The first-order valence-electron chi connectivity index (χ1n) is 9.16. The van der Waals surface area contributed by atoms with Gasteiger partial charge in [0.25, 0.3) is 5.91 Å². The molecule has 0 bridgehead atoms. The minimum absolute atomic E-state index is 0.0220. The number of methoxy groups -OCH3 is 1. The van der Waals surface area contributed by atoms with Crippen LogP contribution in [-0.4, -0.2) is 30.5 Å². The quantitative estimate of drug-likeness (QED) is 0.659. The van der Waals surface area contributed by atoms with Crippen LogP contribution in [0.25, 0.3) is 22.1 Å². The lowest BCUT2D eigenvalue weighted by Crippen LogP contribution is -2.42. The molecule has 1 amide bonds. The molecule has 0 radical (unpaired) electrons. The van der Waals surface area contributed by atoms with Crippen LogP contribution in [0.5, 0.6) is 5.75 Å². The van der Waals surface area contributed by atoms with E-state index in [4.69, 9.17) is 9.15 Å². The van der Waals surface area contributed by atoms with Crippen LogP contribution >= 0.6 is 0 Å². The van der Waals surface area contributed by atoms with Crippen molar-refractivity contribution in [2.45, 2.75) is 32.2 Å². The molecule has 134 valence electrons. The second-order valence-corrected chi connectivity index (χ2v) is 6.88. The Morgan fingerprint density at radius 1 is 1.15 bits per heavy atom. The minimum Gasteiger partial charge on any atom is -0.497 e. The molecular weight excluding hydrogens is 326 g/mol.